The highest BCUT2D eigenvalue weighted by Crippen LogP contribution is 2.29. The Morgan fingerprint density at radius 3 is 2.31 bits per heavy atom. The minimum Gasteiger partial charge on any atom is -0.207 e. The molecule has 0 radical (unpaired) electrons. The van der Waals surface area contributed by atoms with Crippen molar-refractivity contribution in [2.75, 3.05) is 13.1 Å². The van der Waals surface area contributed by atoms with E-state index in [1.54, 1.807) is 12.1 Å². The van der Waals surface area contributed by atoms with E-state index in [9.17, 15) is 12.8 Å². The van der Waals surface area contributed by atoms with Crippen LogP contribution >= 0.6 is 0 Å². The van der Waals surface area contributed by atoms with Crippen LogP contribution in [0.2, 0.25) is 0 Å². The van der Waals surface area contributed by atoms with Crippen LogP contribution in [0.5, 0.6) is 0 Å². The third-order valence-corrected chi connectivity index (χ3v) is 6.03. The lowest BCUT2D eigenvalue weighted by atomic mass is 9.90. The molecule has 0 atom stereocenters. The zero-order valence-electron chi connectivity index (χ0n) is 14.3. The van der Waals surface area contributed by atoms with Gasteiger partial charge in [0, 0.05) is 24.7 Å². The van der Waals surface area contributed by atoms with Gasteiger partial charge in [0.25, 0.3) is 0 Å². The fraction of sp³-hybridized carbons (Fsp3) is 0.238. The lowest BCUT2D eigenvalue weighted by Gasteiger charge is -2.30. The minimum absolute atomic E-state index is 0.254. The number of piperidine rings is 1. The normalized spacial score (nSPS) is 16.3. The molecule has 0 amide bonds. The molecule has 0 unspecified atom stereocenters. The zero-order valence-corrected chi connectivity index (χ0v) is 15.1. The minimum atomic E-state index is -3.46. The van der Waals surface area contributed by atoms with Crippen LogP contribution in [0.25, 0.3) is 0 Å². The second-order valence-corrected chi connectivity index (χ2v) is 8.03. The summed E-state index contributed by atoms with van der Waals surface area (Å²) in [5.41, 5.74) is 1.90. The molecule has 134 valence electrons. The van der Waals surface area contributed by atoms with Crippen LogP contribution in [-0.4, -0.2) is 25.8 Å². The summed E-state index contributed by atoms with van der Waals surface area (Å²) in [5.74, 6) is 5.68. The molecule has 5 heteroatoms. The van der Waals surface area contributed by atoms with Gasteiger partial charge in [-0.1, -0.05) is 42.2 Å². The molecule has 0 aliphatic carbocycles. The van der Waals surface area contributed by atoms with E-state index in [1.165, 1.54) is 27.9 Å². The number of benzene rings is 2. The Kier molecular flexibility index (Phi) is 5.87. The van der Waals surface area contributed by atoms with Crippen LogP contribution in [0.3, 0.4) is 0 Å². The Balaban J connectivity index is 1.58. The van der Waals surface area contributed by atoms with Crippen molar-refractivity contribution >= 4 is 10.0 Å². The molecule has 0 spiro atoms. The largest absolute Gasteiger partial charge is 0.236 e. The van der Waals surface area contributed by atoms with Crippen molar-refractivity contribution in [3.05, 3.63) is 83.0 Å². The molecule has 2 aromatic rings. The summed E-state index contributed by atoms with van der Waals surface area (Å²) >= 11 is 0. The van der Waals surface area contributed by atoms with Crippen molar-refractivity contribution in [2.45, 2.75) is 18.8 Å². The highest BCUT2D eigenvalue weighted by molar-refractivity contribution is 7.92. The molecular weight excluding hydrogens is 349 g/mol. The standard InChI is InChI=1S/C21H20FNO2S/c22-21-11-9-19(10-12-21)20-13-15-23(16-14-20)26(24,25)17-5-4-8-18-6-2-1-3-7-18/h1-3,5-7,9-12,17,20H,13-16H2/b17-5+. The smallest absolute Gasteiger partial charge is 0.207 e. The van der Waals surface area contributed by atoms with Crippen molar-refractivity contribution in [1.82, 2.24) is 4.31 Å². The molecule has 26 heavy (non-hydrogen) atoms. The van der Waals surface area contributed by atoms with Crippen molar-refractivity contribution < 1.29 is 12.8 Å². The Morgan fingerprint density at radius 1 is 1.00 bits per heavy atom. The first-order valence-corrected chi connectivity index (χ1v) is 10.0. The molecule has 3 rings (SSSR count). The average Bonchev–Trinajstić information content (AvgIpc) is 2.67. The van der Waals surface area contributed by atoms with E-state index in [-0.39, 0.29) is 11.7 Å². The molecule has 3 nitrogen and oxygen atoms in total. The van der Waals surface area contributed by atoms with E-state index in [0.717, 1.165) is 24.0 Å². The molecule has 1 aliphatic heterocycles. The van der Waals surface area contributed by atoms with Gasteiger partial charge in [-0.15, -0.1) is 0 Å². The second kappa shape index (κ2) is 8.31. The maximum Gasteiger partial charge on any atom is 0.236 e. The van der Waals surface area contributed by atoms with Crippen molar-refractivity contribution in [3.8, 4) is 11.8 Å². The van der Waals surface area contributed by atoms with Crippen molar-refractivity contribution in [2.24, 2.45) is 0 Å². The molecular formula is C21H20FNO2S. The fourth-order valence-electron chi connectivity index (χ4n) is 3.03. The summed E-state index contributed by atoms with van der Waals surface area (Å²) in [5, 5.41) is 1.17. The molecule has 1 aliphatic rings. The predicted molar refractivity (Wildman–Crippen MR) is 101 cm³/mol. The molecule has 2 aromatic carbocycles. The number of hydrogen-bond acceptors (Lipinski definition) is 2. The van der Waals surface area contributed by atoms with Crippen molar-refractivity contribution in [1.29, 1.82) is 0 Å². The van der Waals surface area contributed by atoms with Crippen LogP contribution < -0.4 is 0 Å². The van der Waals surface area contributed by atoms with Gasteiger partial charge in [0.05, 0.1) is 5.41 Å². The first-order valence-electron chi connectivity index (χ1n) is 8.53. The maximum absolute atomic E-state index is 13.0. The maximum atomic E-state index is 13.0. The first-order chi connectivity index (χ1) is 12.5. The van der Waals surface area contributed by atoms with Crippen LogP contribution in [0.4, 0.5) is 4.39 Å². The summed E-state index contributed by atoms with van der Waals surface area (Å²) in [6.07, 6.45) is 2.84. The van der Waals surface area contributed by atoms with Gasteiger partial charge in [-0.25, -0.2) is 12.8 Å². The number of halogens is 1. The van der Waals surface area contributed by atoms with Crippen LogP contribution in [0.1, 0.15) is 29.9 Å². The number of nitrogens with zero attached hydrogens (tertiary/aromatic N) is 1. The second-order valence-electron chi connectivity index (χ2n) is 6.21. The molecule has 0 bridgehead atoms. The number of sulfonamides is 1. The van der Waals surface area contributed by atoms with Gasteiger partial charge < -0.3 is 0 Å². The molecule has 0 N–H and O–H groups in total. The number of rotatable bonds is 3. The SMILES string of the molecule is O=S(=O)(/C=C/C#Cc1ccccc1)N1CCC(c2ccc(F)cc2)CC1. The lowest BCUT2D eigenvalue weighted by molar-refractivity contribution is 0.322. The van der Waals surface area contributed by atoms with Gasteiger partial charge in [0.15, 0.2) is 0 Å². The topological polar surface area (TPSA) is 37.4 Å². The van der Waals surface area contributed by atoms with Crippen LogP contribution in [0, 0.1) is 17.7 Å². The Bertz CT molecular complexity index is 917. The third kappa shape index (κ3) is 4.81. The van der Waals surface area contributed by atoms with Crippen molar-refractivity contribution in [3.63, 3.8) is 0 Å². The van der Waals surface area contributed by atoms with E-state index < -0.39 is 10.0 Å². The van der Waals surface area contributed by atoms with E-state index in [1.807, 2.05) is 30.3 Å². The predicted octanol–water partition coefficient (Wildman–Crippen LogP) is 3.90. The van der Waals surface area contributed by atoms with Gasteiger partial charge in [0.2, 0.25) is 10.0 Å². The molecule has 1 saturated heterocycles. The molecule has 1 heterocycles. The quantitative estimate of drug-likeness (QED) is 0.770. The van der Waals surface area contributed by atoms with Crippen LogP contribution in [-0.2, 0) is 10.0 Å². The highest BCUT2D eigenvalue weighted by Gasteiger charge is 2.26. The highest BCUT2D eigenvalue weighted by atomic mass is 32.2. The molecule has 0 aromatic heterocycles. The molecule has 1 fully saturated rings. The third-order valence-electron chi connectivity index (χ3n) is 4.47. The summed E-state index contributed by atoms with van der Waals surface area (Å²) < 4.78 is 39.3. The van der Waals surface area contributed by atoms with E-state index >= 15 is 0 Å². The van der Waals surface area contributed by atoms with Gasteiger partial charge in [-0.05, 0) is 48.6 Å². The summed E-state index contributed by atoms with van der Waals surface area (Å²) in [6.45, 7) is 0.918. The first kappa shape index (κ1) is 18.4. The van der Waals surface area contributed by atoms with Crippen LogP contribution in [0.15, 0.2) is 66.1 Å². The van der Waals surface area contributed by atoms with E-state index in [4.69, 9.17) is 0 Å². The number of hydrogen-bond donors (Lipinski definition) is 0. The average molecular weight is 369 g/mol. The fourth-order valence-corrected chi connectivity index (χ4v) is 4.16. The summed E-state index contributed by atoms with van der Waals surface area (Å²) in [7, 11) is -3.46. The van der Waals surface area contributed by atoms with Gasteiger partial charge in [0.1, 0.15) is 5.82 Å². The Hall–Kier alpha value is -2.42. The Labute approximate surface area is 154 Å². The van der Waals surface area contributed by atoms with Gasteiger partial charge in [-0.3, -0.25) is 0 Å². The van der Waals surface area contributed by atoms with E-state index in [0.29, 0.717) is 13.1 Å². The van der Waals surface area contributed by atoms with Gasteiger partial charge >= 0.3 is 0 Å². The summed E-state index contributed by atoms with van der Waals surface area (Å²) in [6, 6.07) is 15.9. The number of allylic oxidation sites excluding steroid dienone is 1. The summed E-state index contributed by atoms with van der Waals surface area (Å²) in [4.78, 5) is 0. The van der Waals surface area contributed by atoms with Gasteiger partial charge in [-0.2, -0.15) is 4.31 Å². The lowest BCUT2D eigenvalue weighted by Crippen LogP contribution is -2.36. The monoisotopic (exact) mass is 369 g/mol. The zero-order chi connectivity index (χ0) is 18.4. The molecule has 0 saturated carbocycles. The Morgan fingerprint density at radius 2 is 1.65 bits per heavy atom. The van der Waals surface area contributed by atoms with E-state index in [2.05, 4.69) is 11.8 Å².